The van der Waals surface area contributed by atoms with Crippen molar-refractivity contribution >= 4 is 23.2 Å². The highest BCUT2D eigenvalue weighted by molar-refractivity contribution is 7.11. The molecule has 0 bridgehead atoms. The monoisotopic (exact) mass is 228 g/mol. The van der Waals surface area contributed by atoms with Crippen molar-refractivity contribution in [3.05, 3.63) is 16.6 Å². The SMILES string of the molecule is CC(C)(CNC(=O)c1cncs1)C(=O)O. The lowest BCUT2D eigenvalue weighted by molar-refractivity contribution is -0.146. The van der Waals surface area contributed by atoms with E-state index >= 15 is 0 Å². The Morgan fingerprint density at radius 3 is 2.73 bits per heavy atom. The maximum absolute atomic E-state index is 11.4. The van der Waals surface area contributed by atoms with E-state index in [-0.39, 0.29) is 12.5 Å². The van der Waals surface area contributed by atoms with Gasteiger partial charge in [-0.15, -0.1) is 11.3 Å². The zero-order chi connectivity index (χ0) is 11.5. The minimum Gasteiger partial charge on any atom is -0.481 e. The first-order valence-electron chi connectivity index (χ1n) is 4.33. The van der Waals surface area contributed by atoms with Crippen LogP contribution in [0.3, 0.4) is 0 Å². The number of hydrogen-bond donors (Lipinski definition) is 2. The molecule has 1 amide bonds. The highest BCUT2D eigenvalue weighted by Crippen LogP contribution is 2.14. The van der Waals surface area contributed by atoms with E-state index in [1.807, 2.05) is 0 Å². The number of nitrogens with one attached hydrogen (secondary N) is 1. The molecule has 82 valence electrons. The van der Waals surface area contributed by atoms with E-state index in [1.165, 1.54) is 17.5 Å². The smallest absolute Gasteiger partial charge is 0.310 e. The Labute approximate surface area is 91.1 Å². The largest absolute Gasteiger partial charge is 0.481 e. The molecule has 0 saturated carbocycles. The van der Waals surface area contributed by atoms with Crippen molar-refractivity contribution in [2.24, 2.45) is 5.41 Å². The summed E-state index contributed by atoms with van der Waals surface area (Å²) >= 11 is 1.22. The molecule has 0 aromatic carbocycles. The first-order chi connectivity index (χ1) is 6.93. The van der Waals surface area contributed by atoms with Crippen molar-refractivity contribution < 1.29 is 14.7 Å². The van der Waals surface area contributed by atoms with Crippen LogP contribution in [-0.2, 0) is 4.79 Å². The van der Waals surface area contributed by atoms with Crippen LogP contribution in [0.5, 0.6) is 0 Å². The fourth-order valence-corrected chi connectivity index (χ4v) is 1.33. The van der Waals surface area contributed by atoms with Crippen LogP contribution in [-0.4, -0.2) is 28.5 Å². The third-order valence-electron chi connectivity index (χ3n) is 1.93. The number of hydrogen-bond acceptors (Lipinski definition) is 4. The van der Waals surface area contributed by atoms with Crippen molar-refractivity contribution in [2.75, 3.05) is 6.54 Å². The summed E-state index contributed by atoms with van der Waals surface area (Å²) in [6.45, 7) is 3.21. The summed E-state index contributed by atoms with van der Waals surface area (Å²) in [5.41, 5.74) is 0.595. The van der Waals surface area contributed by atoms with Gasteiger partial charge in [0.05, 0.1) is 17.1 Å². The standard InChI is InChI=1S/C9H12N2O3S/c1-9(2,8(13)14)4-11-7(12)6-3-10-5-15-6/h3,5H,4H2,1-2H3,(H,11,12)(H,13,14). The molecule has 5 nitrogen and oxygen atoms in total. The first-order valence-corrected chi connectivity index (χ1v) is 5.21. The molecular weight excluding hydrogens is 216 g/mol. The Morgan fingerprint density at radius 1 is 1.60 bits per heavy atom. The number of carbonyl (C=O) groups excluding carboxylic acids is 1. The first kappa shape index (κ1) is 11.6. The normalized spacial score (nSPS) is 11.1. The van der Waals surface area contributed by atoms with Crippen molar-refractivity contribution in [1.82, 2.24) is 10.3 Å². The third kappa shape index (κ3) is 3.02. The maximum atomic E-state index is 11.4. The summed E-state index contributed by atoms with van der Waals surface area (Å²) in [7, 11) is 0. The highest BCUT2D eigenvalue weighted by Gasteiger charge is 2.27. The molecule has 0 fully saturated rings. The highest BCUT2D eigenvalue weighted by atomic mass is 32.1. The quantitative estimate of drug-likeness (QED) is 0.805. The van der Waals surface area contributed by atoms with Gasteiger partial charge in [0.1, 0.15) is 4.88 Å². The van der Waals surface area contributed by atoms with E-state index in [0.717, 1.165) is 0 Å². The molecule has 1 aromatic heterocycles. The molecule has 0 saturated heterocycles. The Morgan fingerprint density at radius 2 is 2.27 bits per heavy atom. The second-order valence-corrected chi connectivity index (χ2v) is 4.62. The van der Waals surface area contributed by atoms with Gasteiger partial charge in [-0.3, -0.25) is 14.6 Å². The zero-order valence-electron chi connectivity index (χ0n) is 8.48. The Kier molecular flexibility index (Phi) is 3.41. The van der Waals surface area contributed by atoms with Crippen LogP contribution in [0.4, 0.5) is 0 Å². The average molecular weight is 228 g/mol. The number of rotatable bonds is 4. The van der Waals surface area contributed by atoms with Crippen molar-refractivity contribution in [2.45, 2.75) is 13.8 Å². The van der Waals surface area contributed by atoms with E-state index in [9.17, 15) is 9.59 Å². The van der Waals surface area contributed by atoms with Gasteiger partial charge in [-0.1, -0.05) is 0 Å². The van der Waals surface area contributed by atoms with E-state index in [0.29, 0.717) is 4.88 Å². The van der Waals surface area contributed by atoms with Crippen molar-refractivity contribution in [3.8, 4) is 0 Å². The molecule has 15 heavy (non-hydrogen) atoms. The van der Waals surface area contributed by atoms with Gasteiger partial charge >= 0.3 is 5.97 Å². The lowest BCUT2D eigenvalue weighted by Crippen LogP contribution is -2.38. The topological polar surface area (TPSA) is 79.3 Å². The second kappa shape index (κ2) is 4.39. The predicted octanol–water partition coefficient (Wildman–Crippen LogP) is 0.984. The summed E-state index contributed by atoms with van der Waals surface area (Å²) in [5.74, 6) is -1.22. The molecule has 1 heterocycles. The number of aromatic nitrogens is 1. The van der Waals surface area contributed by atoms with E-state index < -0.39 is 11.4 Å². The minimum absolute atomic E-state index is 0.0963. The lowest BCUT2D eigenvalue weighted by Gasteiger charge is -2.18. The molecule has 1 rings (SSSR count). The van der Waals surface area contributed by atoms with Gasteiger partial charge in [0.15, 0.2) is 0 Å². The zero-order valence-corrected chi connectivity index (χ0v) is 9.30. The number of thiazole rings is 1. The van der Waals surface area contributed by atoms with Crippen LogP contribution < -0.4 is 5.32 Å². The Balaban J connectivity index is 2.51. The van der Waals surface area contributed by atoms with E-state index in [4.69, 9.17) is 5.11 Å². The van der Waals surface area contributed by atoms with Crippen molar-refractivity contribution in [3.63, 3.8) is 0 Å². The Bertz CT molecular complexity index is 359. The summed E-state index contributed by atoms with van der Waals surface area (Å²) in [4.78, 5) is 26.4. The van der Waals surface area contributed by atoms with Crippen LogP contribution in [0.15, 0.2) is 11.7 Å². The third-order valence-corrected chi connectivity index (χ3v) is 2.70. The Hall–Kier alpha value is -1.43. The molecule has 0 aliphatic rings. The molecule has 2 N–H and O–H groups in total. The van der Waals surface area contributed by atoms with Gasteiger partial charge in [-0.2, -0.15) is 0 Å². The van der Waals surface area contributed by atoms with Gasteiger partial charge in [-0.05, 0) is 13.8 Å². The molecular formula is C9H12N2O3S. The summed E-state index contributed by atoms with van der Waals surface area (Å²) in [5, 5.41) is 11.4. The molecule has 0 aliphatic heterocycles. The second-order valence-electron chi connectivity index (χ2n) is 3.74. The molecule has 0 spiro atoms. The van der Waals surface area contributed by atoms with Crippen LogP contribution >= 0.6 is 11.3 Å². The molecule has 0 atom stereocenters. The molecule has 0 radical (unpaired) electrons. The van der Waals surface area contributed by atoms with Crippen LogP contribution in [0, 0.1) is 5.41 Å². The van der Waals surface area contributed by atoms with Gasteiger partial charge in [0, 0.05) is 6.54 Å². The van der Waals surface area contributed by atoms with E-state index in [1.54, 1.807) is 19.4 Å². The summed E-state index contributed by atoms with van der Waals surface area (Å²) in [6, 6.07) is 0. The van der Waals surface area contributed by atoms with Gasteiger partial charge in [0.2, 0.25) is 0 Å². The van der Waals surface area contributed by atoms with Gasteiger partial charge < -0.3 is 10.4 Å². The number of carboxylic acid groups (broad SMARTS) is 1. The molecule has 6 heteroatoms. The molecule has 0 aliphatic carbocycles. The number of carbonyl (C=O) groups is 2. The average Bonchev–Trinajstić information content (AvgIpc) is 2.66. The maximum Gasteiger partial charge on any atom is 0.310 e. The van der Waals surface area contributed by atoms with Gasteiger partial charge in [-0.25, -0.2) is 0 Å². The van der Waals surface area contributed by atoms with Crippen LogP contribution in [0.1, 0.15) is 23.5 Å². The molecule has 0 unspecified atom stereocenters. The van der Waals surface area contributed by atoms with Crippen molar-refractivity contribution in [1.29, 1.82) is 0 Å². The lowest BCUT2D eigenvalue weighted by atomic mass is 9.94. The van der Waals surface area contributed by atoms with E-state index in [2.05, 4.69) is 10.3 Å². The minimum atomic E-state index is -0.958. The summed E-state index contributed by atoms with van der Waals surface area (Å²) in [6.07, 6.45) is 1.45. The fraction of sp³-hybridized carbons (Fsp3) is 0.444. The number of nitrogens with zero attached hydrogens (tertiary/aromatic N) is 1. The number of amides is 1. The van der Waals surface area contributed by atoms with Gasteiger partial charge in [0.25, 0.3) is 5.91 Å². The number of carboxylic acids is 1. The summed E-state index contributed by atoms with van der Waals surface area (Å²) < 4.78 is 0. The molecule has 1 aromatic rings. The number of aliphatic carboxylic acids is 1. The van der Waals surface area contributed by atoms with Crippen LogP contribution in [0.2, 0.25) is 0 Å². The fourth-order valence-electron chi connectivity index (χ4n) is 0.792. The van der Waals surface area contributed by atoms with Crippen LogP contribution in [0.25, 0.3) is 0 Å². The predicted molar refractivity (Wildman–Crippen MR) is 55.9 cm³/mol.